The summed E-state index contributed by atoms with van der Waals surface area (Å²) in [5, 5.41) is 0. The molecular formula is C7H9BrN2O. The lowest BCUT2D eigenvalue weighted by Gasteiger charge is -2.00. The predicted molar refractivity (Wildman–Crippen MR) is 45.5 cm³/mol. The molecule has 0 bridgehead atoms. The lowest BCUT2D eigenvalue weighted by molar-refractivity contribution is 0.291. The van der Waals surface area contributed by atoms with Crippen LogP contribution in [0.4, 0.5) is 0 Å². The van der Waals surface area contributed by atoms with Crippen LogP contribution >= 0.6 is 15.9 Å². The molecule has 0 atom stereocenters. The molecule has 0 aliphatic carbocycles. The highest BCUT2D eigenvalue weighted by atomic mass is 79.9. The van der Waals surface area contributed by atoms with Crippen LogP contribution in [0.15, 0.2) is 16.9 Å². The number of rotatable bonds is 3. The molecule has 0 N–H and O–H groups in total. The van der Waals surface area contributed by atoms with Crippen LogP contribution in [0.1, 0.15) is 13.3 Å². The highest BCUT2D eigenvalue weighted by Gasteiger charge is 1.95. The van der Waals surface area contributed by atoms with Gasteiger partial charge in [-0.2, -0.15) is 4.98 Å². The van der Waals surface area contributed by atoms with Crippen molar-refractivity contribution in [1.29, 1.82) is 0 Å². The van der Waals surface area contributed by atoms with Crippen molar-refractivity contribution in [2.45, 2.75) is 13.3 Å². The predicted octanol–water partition coefficient (Wildman–Crippen LogP) is 2.03. The van der Waals surface area contributed by atoms with Gasteiger partial charge in [0.1, 0.15) is 4.60 Å². The van der Waals surface area contributed by atoms with Gasteiger partial charge in [0.25, 0.3) is 0 Å². The molecule has 0 radical (unpaired) electrons. The SMILES string of the molecule is CCCOc1nccc(Br)n1. The smallest absolute Gasteiger partial charge is 0.317 e. The van der Waals surface area contributed by atoms with E-state index in [9.17, 15) is 0 Å². The van der Waals surface area contributed by atoms with Crippen LogP contribution < -0.4 is 4.74 Å². The minimum absolute atomic E-state index is 0.432. The molecule has 1 rings (SSSR count). The van der Waals surface area contributed by atoms with Crippen molar-refractivity contribution < 1.29 is 4.74 Å². The summed E-state index contributed by atoms with van der Waals surface area (Å²) in [5.74, 6) is 0. The second kappa shape index (κ2) is 4.28. The summed E-state index contributed by atoms with van der Waals surface area (Å²) in [7, 11) is 0. The summed E-state index contributed by atoms with van der Waals surface area (Å²) in [6, 6.07) is 2.19. The van der Waals surface area contributed by atoms with Gasteiger partial charge < -0.3 is 4.74 Å². The zero-order chi connectivity index (χ0) is 8.10. The minimum Gasteiger partial charge on any atom is -0.463 e. The average molecular weight is 217 g/mol. The van der Waals surface area contributed by atoms with E-state index in [4.69, 9.17) is 4.74 Å². The first-order valence-electron chi connectivity index (χ1n) is 3.44. The average Bonchev–Trinajstić information content (AvgIpc) is 2.01. The largest absolute Gasteiger partial charge is 0.463 e. The van der Waals surface area contributed by atoms with Crippen LogP contribution in [-0.2, 0) is 0 Å². The maximum absolute atomic E-state index is 5.18. The van der Waals surface area contributed by atoms with Gasteiger partial charge in [0.15, 0.2) is 0 Å². The number of aromatic nitrogens is 2. The molecule has 11 heavy (non-hydrogen) atoms. The summed E-state index contributed by atoms with van der Waals surface area (Å²) in [6.45, 7) is 2.70. The Morgan fingerprint density at radius 2 is 2.45 bits per heavy atom. The third-order valence-electron chi connectivity index (χ3n) is 1.03. The first kappa shape index (κ1) is 8.46. The van der Waals surface area contributed by atoms with E-state index in [-0.39, 0.29) is 0 Å². The van der Waals surface area contributed by atoms with Crippen molar-refractivity contribution in [2.24, 2.45) is 0 Å². The number of hydrogen-bond acceptors (Lipinski definition) is 3. The van der Waals surface area contributed by atoms with Crippen molar-refractivity contribution in [1.82, 2.24) is 9.97 Å². The van der Waals surface area contributed by atoms with Crippen molar-refractivity contribution in [2.75, 3.05) is 6.61 Å². The molecule has 0 saturated heterocycles. The summed E-state index contributed by atoms with van der Waals surface area (Å²) in [6.07, 6.45) is 2.62. The molecule has 4 heteroatoms. The number of halogens is 1. The molecule has 0 unspecified atom stereocenters. The molecule has 0 fully saturated rings. The highest BCUT2D eigenvalue weighted by Crippen LogP contribution is 2.08. The van der Waals surface area contributed by atoms with Gasteiger partial charge in [-0.15, -0.1) is 0 Å². The normalized spacial score (nSPS) is 9.64. The summed E-state index contributed by atoms with van der Waals surface area (Å²) < 4.78 is 5.93. The molecule has 1 aromatic rings. The van der Waals surface area contributed by atoms with Gasteiger partial charge in [-0.25, -0.2) is 4.98 Å². The third kappa shape index (κ3) is 2.84. The number of hydrogen-bond donors (Lipinski definition) is 0. The molecule has 0 aliphatic heterocycles. The Bertz CT molecular complexity index is 229. The van der Waals surface area contributed by atoms with E-state index in [1.165, 1.54) is 0 Å². The molecule has 0 saturated carbocycles. The molecule has 0 amide bonds. The van der Waals surface area contributed by atoms with E-state index in [1.807, 2.05) is 6.92 Å². The molecule has 3 nitrogen and oxygen atoms in total. The Labute approximate surface area is 73.9 Å². The van der Waals surface area contributed by atoms with Gasteiger partial charge in [-0.3, -0.25) is 0 Å². The second-order valence-electron chi connectivity index (χ2n) is 2.01. The van der Waals surface area contributed by atoms with E-state index in [2.05, 4.69) is 25.9 Å². The van der Waals surface area contributed by atoms with E-state index >= 15 is 0 Å². The van der Waals surface area contributed by atoms with Crippen LogP contribution in [0, 0.1) is 0 Å². The monoisotopic (exact) mass is 216 g/mol. The Balaban J connectivity index is 2.56. The van der Waals surface area contributed by atoms with Gasteiger partial charge in [0.05, 0.1) is 6.61 Å². The summed E-state index contributed by atoms with van der Waals surface area (Å²) in [5.41, 5.74) is 0. The standard InChI is InChI=1S/C7H9BrN2O/c1-2-5-11-7-9-4-3-6(8)10-7/h3-4H,2,5H2,1H3. The molecule has 0 spiro atoms. The quantitative estimate of drug-likeness (QED) is 0.726. The van der Waals surface area contributed by atoms with Crippen LogP contribution in [-0.4, -0.2) is 16.6 Å². The molecular weight excluding hydrogens is 208 g/mol. The van der Waals surface area contributed by atoms with Gasteiger partial charge in [-0.1, -0.05) is 6.92 Å². The van der Waals surface area contributed by atoms with Crippen molar-refractivity contribution in [3.63, 3.8) is 0 Å². The number of nitrogens with zero attached hydrogens (tertiary/aromatic N) is 2. The van der Waals surface area contributed by atoms with Gasteiger partial charge >= 0.3 is 6.01 Å². The molecule has 0 aromatic carbocycles. The lowest BCUT2D eigenvalue weighted by Crippen LogP contribution is -1.99. The summed E-state index contributed by atoms with van der Waals surface area (Å²) in [4.78, 5) is 7.91. The Morgan fingerprint density at radius 1 is 1.64 bits per heavy atom. The van der Waals surface area contributed by atoms with Crippen molar-refractivity contribution >= 4 is 15.9 Å². The Morgan fingerprint density at radius 3 is 3.09 bits per heavy atom. The van der Waals surface area contributed by atoms with Crippen LogP contribution in [0.3, 0.4) is 0 Å². The number of ether oxygens (including phenoxy) is 1. The fourth-order valence-corrected chi connectivity index (χ4v) is 0.853. The third-order valence-corrected chi connectivity index (χ3v) is 1.48. The van der Waals surface area contributed by atoms with Crippen LogP contribution in [0.2, 0.25) is 0 Å². The maximum Gasteiger partial charge on any atom is 0.317 e. The minimum atomic E-state index is 0.432. The zero-order valence-electron chi connectivity index (χ0n) is 6.25. The zero-order valence-corrected chi connectivity index (χ0v) is 7.84. The van der Waals surface area contributed by atoms with Gasteiger partial charge in [-0.05, 0) is 28.4 Å². The van der Waals surface area contributed by atoms with E-state index < -0.39 is 0 Å². The Hall–Kier alpha value is -0.640. The molecule has 1 heterocycles. The molecule has 60 valence electrons. The first-order valence-corrected chi connectivity index (χ1v) is 4.23. The van der Waals surface area contributed by atoms with Gasteiger partial charge in [0.2, 0.25) is 0 Å². The highest BCUT2D eigenvalue weighted by molar-refractivity contribution is 9.10. The fourth-order valence-electron chi connectivity index (χ4n) is 0.583. The van der Waals surface area contributed by atoms with E-state index in [0.717, 1.165) is 11.0 Å². The topological polar surface area (TPSA) is 35.0 Å². The van der Waals surface area contributed by atoms with Crippen molar-refractivity contribution in [3.8, 4) is 6.01 Å². The van der Waals surface area contributed by atoms with Gasteiger partial charge in [0, 0.05) is 6.20 Å². The molecule has 0 aliphatic rings. The maximum atomic E-state index is 5.18. The van der Waals surface area contributed by atoms with E-state index in [0.29, 0.717) is 12.6 Å². The van der Waals surface area contributed by atoms with E-state index in [1.54, 1.807) is 12.3 Å². The summed E-state index contributed by atoms with van der Waals surface area (Å²) >= 11 is 3.22. The molecule has 1 aromatic heterocycles. The lowest BCUT2D eigenvalue weighted by atomic mass is 10.5. The first-order chi connectivity index (χ1) is 5.33. The van der Waals surface area contributed by atoms with Crippen LogP contribution in [0.5, 0.6) is 6.01 Å². The second-order valence-corrected chi connectivity index (χ2v) is 2.82. The fraction of sp³-hybridized carbons (Fsp3) is 0.429. The Kier molecular flexibility index (Phi) is 3.29. The van der Waals surface area contributed by atoms with Crippen molar-refractivity contribution in [3.05, 3.63) is 16.9 Å². The van der Waals surface area contributed by atoms with Crippen LogP contribution in [0.25, 0.3) is 0 Å².